The zero-order valence-electron chi connectivity index (χ0n) is 9.43. The van der Waals surface area contributed by atoms with Gasteiger partial charge in [-0.05, 0) is 29.8 Å². The fourth-order valence-corrected chi connectivity index (χ4v) is 1.68. The van der Waals surface area contributed by atoms with Gasteiger partial charge in [-0.1, -0.05) is 29.8 Å². The van der Waals surface area contributed by atoms with E-state index in [1.165, 1.54) is 0 Å². The van der Waals surface area contributed by atoms with E-state index in [-0.39, 0.29) is 18.1 Å². The van der Waals surface area contributed by atoms with Gasteiger partial charge in [0.1, 0.15) is 16.7 Å². The van der Waals surface area contributed by atoms with Gasteiger partial charge in [-0.15, -0.1) is 0 Å². The van der Waals surface area contributed by atoms with E-state index in [9.17, 15) is 9.90 Å². The number of benzene rings is 1. The summed E-state index contributed by atoms with van der Waals surface area (Å²) in [6, 6.07) is 11.6. The van der Waals surface area contributed by atoms with Crippen molar-refractivity contribution in [1.82, 2.24) is 4.98 Å². The predicted molar refractivity (Wildman–Crippen MR) is 69.7 cm³/mol. The number of aromatic nitrogens is 1. The average molecular weight is 263 g/mol. The molecule has 92 valence electrons. The number of hydrogen-bond acceptors (Lipinski definition) is 3. The topological polar surface area (TPSA) is 62.2 Å². The van der Waals surface area contributed by atoms with E-state index in [0.29, 0.717) is 11.0 Å². The summed E-state index contributed by atoms with van der Waals surface area (Å²) >= 11 is 5.71. The Hall–Kier alpha value is -2.07. The molecule has 0 aliphatic heterocycles. The highest BCUT2D eigenvalue weighted by molar-refractivity contribution is 6.29. The van der Waals surface area contributed by atoms with Crippen molar-refractivity contribution in [2.24, 2.45) is 0 Å². The molecule has 1 aromatic heterocycles. The van der Waals surface area contributed by atoms with E-state index in [1.54, 1.807) is 42.5 Å². The van der Waals surface area contributed by atoms with Crippen molar-refractivity contribution in [2.45, 2.75) is 6.42 Å². The number of aromatic hydroxyl groups is 1. The molecule has 4 nitrogen and oxygen atoms in total. The lowest BCUT2D eigenvalue weighted by Gasteiger charge is -2.05. The maximum absolute atomic E-state index is 11.7. The fourth-order valence-electron chi connectivity index (χ4n) is 1.52. The van der Waals surface area contributed by atoms with Crippen LogP contribution in [0.25, 0.3) is 0 Å². The van der Waals surface area contributed by atoms with Crippen LogP contribution in [0.4, 0.5) is 5.82 Å². The molecule has 1 aromatic carbocycles. The molecule has 5 heteroatoms. The normalized spacial score (nSPS) is 10.1. The number of carbonyl (C=O) groups excluding carboxylic acids is 1. The highest BCUT2D eigenvalue weighted by Gasteiger charge is 2.05. The molecule has 0 atom stereocenters. The van der Waals surface area contributed by atoms with Crippen molar-refractivity contribution in [3.63, 3.8) is 0 Å². The molecule has 2 N–H and O–H groups in total. The number of halogens is 1. The summed E-state index contributed by atoms with van der Waals surface area (Å²) in [5.74, 6) is 0.337. The number of anilines is 1. The van der Waals surface area contributed by atoms with Gasteiger partial charge in [0, 0.05) is 0 Å². The molecule has 0 saturated carbocycles. The van der Waals surface area contributed by atoms with Gasteiger partial charge in [0.25, 0.3) is 0 Å². The van der Waals surface area contributed by atoms with E-state index in [1.807, 2.05) is 0 Å². The standard InChI is InChI=1S/C13H11ClN2O2/c14-11-5-2-6-12(15-11)16-13(18)8-9-3-1-4-10(17)7-9/h1-7,17H,8H2,(H,15,16,18). The second-order valence-electron chi connectivity index (χ2n) is 3.74. The van der Waals surface area contributed by atoms with E-state index >= 15 is 0 Å². The van der Waals surface area contributed by atoms with Gasteiger partial charge >= 0.3 is 0 Å². The first-order valence-corrected chi connectivity index (χ1v) is 5.71. The van der Waals surface area contributed by atoms with Crippen molar-refractivity contribution < 1.29 is 9.90 Å². The van der Waals surface area contributed by atoms with Gasteiger partial charge in [0.2, 0.25) is 5.91 Å². The molecule has 0 spiro atoms. The molecule has 2 rings (SSSR count). The number of rotatable bonds is 3. The number of nitrogens with one attached hydrogen (secondary N) is 1. The average Bonchev–Trinajstić information content (AvgIpc) is 2.28. The quantitative estimate of drug-likeness (QED) is 0.836. The molecule has 0 aliphatic rings. The molecule has 18 heavy (non-hydrogen) atoms. The number of phenolic OH excluding ortho intramolecular Hbond substituents is 1. The number of hydrogen-bond donors (Lipinski definition) is 2. The molecule has 0 radical (unpaired) electrons. The third-order valence-corrected chi connectivity index (χ3v) is 2.47. The Labute approximate surface area is 109 Å². The van der Waals surface area contributed by atoms with Gasteiger partial charge in [0.05, 0.1) is 6.42 Å². The lowest BCUT2D eigenvalue weighted by Crippen LogP contribution is -2.15. The van der Waals surface area contributed by atoms with E-state index in [4.69, 9.17) is 11.6 Å². The Morgan fingerprint density at radius 2 is 2.06 bits per heavy atom. The van der Waals surface area contributed by atoms with Crippen LogP contribution in [0.15, 0.2) is 42.5 Å². The number of amides is 1. The third-order valence-electron chi connectivity index (χ3n) is 2.26. The maximum Gasteiger partial charge on any atom is 0.229 e. The molecular weight excluding hydrogens is 252 g/mol. The minimum Gasteiger partial charge on any atom is -0.508 e. The van der Waals surface area contributed by atoms with Gasteiger partial charge in [-0.3, -0.25) is 4.79 Å². The summed E-state index contributed by atoms with van der Waals surface area (Å²) in [4.78, 5) is 15.7. The highest BCUT2D eigenvalue weighted by Crippen LogP contribution is 2.13. The highest BCUT2D eigenvalue weighted by atomic mass is 35.5. The van der Waals surface area contributed by atoms with Crippen molar-refractivity contribution in [1.29, 1.82) is 0 Å². The number of nitrogens with zero attached hydrogens (tertiary/aromatic N) is 1. The summed E-state index contributed by atoms with van der Waals surface area (Å²) in [7, 11) is 0. The lowest BCUT2D eigenvalue weighted by atomic mass is 10.1. The molecule has 0 unspecified atom stereocenters. The van der Waals surface area contributed by atoms with E-state index < -0.39 is 0 Å². The zero-order chi connectivity index (χ0) is 13.0. The molecular formula is C13H11ClN2O2. The molecule has 2 aromatic rings. The van der Waals surface area contributed by atoms with Crippen LogP contribution in [-0.4, -0.2) is 16.0 Å². The van der Waals surface area contributed by atoms with Gasteiger partial charge in [-0.25, -0.2) is 4.98 Å². The molecule has 0 bridgehead atoms. The Balaban J connectivity index is 2.01. The molecule has 1 heterocycles. The minimum atomic E-state index is -0.213. The first kappa shape index (κ1) is 12.4. The third kappa shape index (κ3) is 3.46. The Bertz CT molecular complexity index is 523. The van der Waals surface area contributed by atoms with Crippen molar-refractivity contribution >= 4 is 23.3 Å². The second-order valence-corrected chi connectivity index (χ2v) is 4.13. The lowest BCUT2D eigenvalue weighted by molar-refractivity contribution is -0.115. The van der Waals surface area contributed by atoms with Crippen LogP contribution in [0, 0.1) is 0 Å². The van der Waals surface area contributed by atoms with Crippen LogP contribution in [-0.2, 0) is 11.2 Å². The van der Waals surface area contributed by atoms with E-state index in [0.717, 1.165) is 5.56 Å². The van der Waals surface area contributed by atoms with Crippen molar-refractivity contribution in [3.8, 4) is 5.75 Å². The predicted octanol–water partition coefficient (Wildman–Crippen LogP) is 2.62. The van der Waals surface area contributed by atoms with Crippen molar-refractivity contribution in [2.75, 3.05) is 5.32 Å². The summed E-state index contributed by atoms with van der Waals surface area (Å²) in [5, 5.41) is 12.2. The molecule has 0 saturated heterocycles. The van der Waals surface area contributed by atoms with Crippen molar-refractivity contribution in [3.05, 3.63) is 53.2 Å². The Kier molecular flexibility index (Phi) is 3.79. The first-order valence-electron chi connectivity index (χ1n) is 5.34. The number of pyridine rings is 1. The Morgan fingerprint density at radius 1 is 1.28 bits per heavy atom. The minimum absolute atomic E-state index is 0.140. The van der Waals surface area contributed by atoms with Crippen LogP contribution in [0.2, 0.25) is 5.15 Å². The molecule has 0 fully saturated rings. The van der Waals surface area contributed by atoms with Gasteiger partial charge < -0.3 is 10.4 Å². The Morgan fingerprint density at radius 3 is 2.78 bits per heavy atom. The second kappa shape index (κ2) is 5.51. The summed E-state index contributed by atoms with van der Waals surface area (Å²) in [6.45, 7) is 0. The summed E-state index contributed by atoms with van der Waals surface area (Å²) in [5.41, 5.74) is 0.731. The summed E-state index contributed by atoms with van der Waals surface area (Å²) < 4.78 is 0. The van der Waals surface area contributed by atoms with Crippen LogP contribution >= 0.6 is 11.6 Å². The smallest absolute Gasteiger partial charge is 0.229 e. The number of carbonyl (C=O) groups is 1. The van der Waals surface area contributed by atoms with Crippen LogP contribution in [0.3, 0.4) is 0 Å². The summed E-state index contributed by atoms with van der Waals surface area (Å²) in [6.07, 6.45) is 0.169. The molecule has 1 amide bonds. The van der Waals surface area contributed by atoms with Crippen LogP contribution < -0.4 is 5.32 Å². The zero-order valence-corrected chi connectivity index (χ0v) is 10.2. The van der Waals surface area contributed by atoms with Crippen LogP contribution in [0.1, 0.15) is 5.56 Å². The molecule has 0 aliphatic carbocycles. The van der Waals surface area contributed by atoms with E-state index in [2.05, 4.69) is 10.3 Å². The maximum atomic E-state index is 11.7. The van der Waals surface area contributed by atoms with Crippen LogP contribution in [0.5, 0.6) is 5.75 Å². The SMILES string of the molecule is O=C(Cc1cccc(O)c1)Nc1cccc(Cl)n1. The van der Waals surface area contributed by atoms with Gasteiger partial charge in [-0.2, -0.15) is 0 Å². The largest absolute Gasteiger partial charge is 0.508 e. The number of phenols is 1. The van der Waals surface area contributed by atoms with Gasteiger partial charge in [0.15, 0.2) is 0 Å². The first-order chi connectivity index (χ1) is 8.63. The fraction of sp³-hybridized carbons (Fsp3) is 0.0769. The monoisotopic (exact) mass is 262 g/mol.